The number of hydrogen-bond acceptors (Lipinski definition) is 5. The van der Waals surface area contributed by atoms with Gasteiger partial charge in [0.1, 0.15) is 29.6 Å². The number of rotatable bonds is 7. The highest BCUT2D eigenvalue weighted by Gasteiger charge is 2.69. The Kier molecular flexibility index (Phi) is 5.56. The normalized spacial score (nSPS) is 27.3. The van der Waals surface area contributed by atoms with Crippen LogP contribution in [0, 0.1) is 29.0 Å². The number of ether oxygens (including phenoxy) is 1. The number of piperidine rings is 1. The molecule has 2 saturated heterocycles. The Morgan fingerprint density at radius 1 is 1.37 bits per heavy atom. The molecule has 1 aliphatic carbocycles. The van der Waals surface area contributed by atoms with Crippen LogP contribution in [-0.4, -0.2) is 66.2 Å². The molecule has 0 radical (unpaired) electrons. The lowest BCUT2D eigenvalue weighted by atomic mass is 9.97. The number of H-pyrrole nitrogens is 1. The largest absolute Gasteiger partial charge is 0.496 e. The van der Waals surface area contributed by atoms with Crippen LogP contribution in [0.15, 0.2) is 18.2 Å². The van der Waals surface area contributed by atoms with Gasteiger partial charge in [-0.2, -0.15) is 0 Å². The second kappa shape index (κ2) is 8.35. The van der Waals surface area contributed by atoms with Crippen LogP contribution >= 0.6 is 0 Å². The van der Waals surface area contributed by atoms with E-state index in [1.165, 1.54) is 30.2 Å². The lowest BCUT2D eigenvalue weighted by Crippen LogP contribution is -2.52. The van der Waals surface area contributed by atoms with Gasteiger partial charge in [-0.05, 0) is 48.3 Å². The molecule has 5 atom stereocenters. The maximum Gasteiger partial charge on any atom is 0.271 e. The summed E-state index contributed by atoms with van der Waals surface area (Å²) in [6.45, 7) is 5.07. The molecule has 1 aromatic heterocycles. The average Bonchev–Trinajstić information content (AvgIpc) is 3.35. The summed E-state index contributed by atoms with van der Waals surface area (Å²) in [6, 6.07) is 2.71. The zero-order chi connectivity index (χ0) is 25.1. The molecule has 3 heterocycles. The topological polar surface area (TPSA) is 121 Å². The van der Waals surface area contributed by atoms with Crippen LogP contribution in [0.4, 0.5) is 4.39 Å². The van der Waals surface area contributed by atoms with Crippen LogP contribution in [0.2, 0.25) is 0 Å². The first kappa shape index (κ1) is 23.3. The number of carbonyl (C=O) groups is 4. The Morgan fingerprint density at radius 3 is 2.80 bits per heavy atom. The number of amides is 3. The van der Waals surface area contributed by atoms with Gasteiger partial charge in [0.15, 0.2) is 0 Å². The molecule has 5 rings (SSSR count). The van der Waals surface area contributed by atoms with E-state index in [0.717, 1.165) is 0 Å². The Balaban J connectivity index is 1.39. The smallest absolute Gasteiger partial charge is 0.271 e. The number of aromatic amines is 1. The predicted molar refractivity (Wildman–Crippen MR) is 124 cm³/mol. The van der Waals surface area contributed by atoms with E-state index in [0.29, 0.717) is 36.9 Å². The van der Waals surface area contributed by atoms with Gasteiger partial charge < -0.3 is 30.0 Å². The van der Waals surface area contributed by atoms with Gasteiger partial charge in [-0.1, -0.05) is 13.8 Å². The van der Waals surface area contributed by atoms with E-state index in [-0.39, 0.29) is 46.7 Å². The number of likely N-dealkylation sites (tertiary alicyclic amines) is 1. The van der Waals surface area contributed by atoms with Crippen LogP contribution in [-0.2, 0) is 14.4 Å². The van der Waals surface area contributed by atoms with E-state index in [1.807, 2.05) is 0 Å². The molecule has 2 aromatic rings. The van der Waals surface area contributed by atoms with E-state index in [2.05, 4.69) is 29.5 Å². The number of nitrogens with one attached hydrogen (secondary N) is 3. The van der Waals surface area contributed by atoms with Crippen molar-refractivity contribution in [3.05, 3.63) is 29.7 Å². The number of carbonyl (C=O) groups excluding carboxylic acids is 4. The van der Waals surface area contributed by atoms with Crippen molar-refractivity contribution in [2.45, 2.75) is 38.8 Å². The van der Waals surface area contributed by atoms with E-state index in [4.69, 9.17) is 4.74 Å². The minimum absolute atomic E-state index is 0.0517. The monoisotopic (exact) mass is 484 g/mol. The third-order valence-corrected chi connectivity index (χ3v) is 8.08. The van der Waals surface area contributed by atoms with Gasteiger partial charge in [-0.25, -0.2) is 4.39 Å². The minimum Gasteiger partial charge on any atom is -0.496 e. The van der Waals surface area contributed by atoms with Crippen LogP contribution in [0.5, 0.6) is 5.75 Å². The van der Waals surface area contributed by atoms with Gasteiger partial charge >= 0.3 is 0 Å². The third kappa shape index (κ3) is 3.75. The Hall–Kier alpha value is -3.43. The van der Waals surface area contributed by atoms with Crippen molar-refractivity contribution in [1.29, 1.82) is 0 Å². The number of nitrogens with zero attached hydrogens (tertiary/aromatic N) is 1. The first-order valence-corrected chi connectivity index (χ1v) is 11.9. The molecule has 186 valence electrons. The summed E-state index contributed by atoms with van der Waals surface area (Å²) in [5.41, 5.74) is 0.209. The van der Waals surface area contributed by atoms with Gasteiger partial charge in [0, 0.05) is 24.4 Å². The second-order valence-corrected chi connectivity index (χ2v) is 10.3. The van der Waals surface area contributed by atoms with Gasteiger partial charge in [0.25, 0.3) is 5.91 Å². The molecule has 2 aliphatic heterocycles. The second-order valence-electron chi connectivity index (χ2n) is 10.3. The van der Waals surface area contributed by atoms with Crippen LogP contribution in [0.25, 0.3) is 10.9 Å². The molecule has 3 aliphatic rings. The van der Waals surface area contributed by atoms with Crippen LogP contribution in [0.3, 0.4) is 0 Å². The van der Waals surface area contributed by atoms with Gasteiger partial charge in [0.2, 0.25) is 11.8 Å². The highest BCUT2D eigenvalue weighted by molar-refractivity contribution is 6.02. The number of hydrogen-bond donors (Lipinski definition) is 3. The fourth-order valence-corrected chi connectivity index (χ4v) is 6.00. The van der Waals surface area contributed by atoms with Crippen molar-refractivity contribution in [3.8, 4) is 5.75 Å². The minimum atomic E-state index is -0.819. The van der Waals surface area contributed by atoms with Crippen molar-refractivity contribution < 1.29 is 28.3 Å². The number of fused-ring (bicyclic) bond motifs is 2. The van der Waals surface area contributed by atoms with Crippen molar-refractivity contribution in [2.24, 2.45) is 23.2 Å². The van der Waals surface area contributed by atoms with Crippen LogP contribution < -0.4 is 15.4 Å². The Morgan fingerprint density at radius 2 is 2.14 bits per heavy atom. The average molecular weight is 485 g/mol. The molecule has 0 bridgehead atoms. The van der Waals surface area contributed by atoms with E-state index in [1.54, 1.807) is 0 Å². The van der Waals surface area contributed by atoms with Crippen LogP contribution in [0.1, 0.15) is 37.2 Å². The molecular formula is C25H29FN4O5. The molecule has 1 saturated carbocycles. The molecule has 1 aromatic carbocycles. The zero-order valence-electron chi connectivity index (χ0n) is 19.9. The van der Waals surface area contributed by atoms with Crippen molar-refractivity contribution in [3.63, 3.8) is 0 Å². The summed E-state index contributed by atoms with van der Waals surface area (Å²) in [7, 11) is 1.47. The van der Waals surface area contributed by atoms with E-state index >= 15 is 0 Å². The first-order valence-electron chi connectivity index (χ1n) is 11.9. The molecule has 0 spiro atoms. The molecule has 3 fully saturated rings. The molecule has 3 amide bonds. The highest BCUT2D eigenvalue weighted by Crippen LogP contribution is 2.65. The highest BCUT2D eigenvalue weighted by atomic mass is 19.1. The summed E-state index contributed by atoms with van der Waals surface area (Å²) in [5, 5.41) is 5.95. The molecule has 9 nitrogen and oxygen atoms in total. The maximum absolute atomic E-state index is 14.4. The van der Waals surface area contributed by atoms with Crippen molar-refractivity contribution >= 4 is 34.9 Å². The predicted octanol–water partition coefficient (Wildman–Crippen LogP) is 1.62. The number of aromatic nitrogens is 1. The third-order valence-electron chi connectivity index (χ3n) is 8.08. The van der Waals surface area contributed by atoms with Gasteiger partial charge in [-0.15, -0.1) is 0 Å². The van der Waals surface area contributed by atoms with Gasteiger partial charge in [-0.3, -0.25) is 14.4 Å². The fourth-order valence-electron chi connectivity index (χ4n) is 6.00. The SMILES string of the molecule is COc1ccc(F)c2[nH]c(C(=O)N3C[C@H]4[C@@H]([C@H]3C(=O)N[C@H](C=O)C[C@@H]3CCNC3=O)C4(C)C)cc12. The zero-order valence-corrected chi connectivity index (χ0v) is 19.9. The van der Waals surface area contributed by atoms with Crippen molar-refractivity contribution in [2.75, 3.05) is 20.2 Å². The summed E-state index contributed by atoms with van der Waals surface area (Å²) < 4.78 is 19.7. The van der Waals surface area contributed by atoms with E-state index in [9.17, 15) is 23.6 Å². The Bertz CT molecular complexity index is 1220. The maximum atomic E-state index is 14.4. The standard InChI is InChI=1S/C25H29FN4O5/c1-25(2)15-10-30(24(34)17-9-14-18(35-3)5-4-16(26)20(14)29-17)21(19(15)25)23(33)28-13(11-31)8-12-6-7-27-22(12)32/h4-5,9,11-13,15,19,21,29H,6-8,10H2,1-3H3,(H,27,32)(H,28,33)/t12-,13-,15-,19-,21-/m0/s1. The lowest BCUT2D eigenvalue weighted by molar-refractivity contribution is -0.129. The number of aldehydes is 1. The quantitative estimate of drug-likeness (QED) is 0.516. The molecule has 10 heteroatoms. The Labute approximate surface area is 201 Å². The number of methoxy groups -OCH3 is 1. The van der Waals surface area contributed by atoms with Crippen molar-refractivity contribution in [1.82, 2.24) is 20.5 Å². The summed E-state index contributed by atoms with van der Waals surface area (Å²) in [6.07, 6.45) is 1.48. The number of halogens is 1. The fraction of sp³-hybridized carbons (Fsp3) is 0.520. The molecule has 35 heavy (non-hydrogen) atoms. The first-order chi connectivity index (χ1) is 16.7. The van der Waals surface area contributed by atoms with E-state index < -0.39 is 29.7 Å². The number of benzene rings is 1. The summed E-state index contributed by atoms with van der Waals surface area (Å²) in [4.78, 5) is 54.9. The summed E-state index contributed by atoms with van der Waals surface area (Å²) in [5.74, 6) is -1.25. The molecule has 3 N–H and O–H groups in total. The molecule has 0 unspecified atom stereocenters. The summed E-state index contributed by atoms with van der Waals surface area (Å²) >= 11 is 0. The van der Waals surface area contributed by atoms with Gasteiger partial charge in [0.05, 0.1) is 18.7 Å². The lowest BCUT2D eigenvalue weighted by Gasteiger charge is -2.30. The molecular weight excluding hydrogens is 455 g/mol.